The Morgan fingerprint density at radius 1 is 0.833 bits per heavy atom. The fourth-order valence-electron chi connectivity index (χ4n) is 5.08. The molecule has 0 radical (unpaired) electrons. The van der Waals surface area contributed by atoms with Gasteiger partial charge in [-0.25, -0.2) is 9.78 Å². The highest BCUT2D eigenvalue weighted by Crippen LogP contribution is 2.53. The van der Waals surface area contributed by atoms with Crippen molar-refractivity contribution in [1.82, 2.24) is 0 Å². The molecule has 4 heteroatoms. The number of rotatable bonds is 0. The smallest absolute Gasteiger partial charge is 0.107 e. The Bertz CT molecular complexity index is 309. The molecule has 4 nitrogen and oxygen atoms in total. The second kappa shape index (κ2) is 4.44. The standard InChI is InChI=1S/C14H22O4/c15-10-5-1-3-8-7-9-4-2-6-11-13(9)14(12(8)10)17-18-16-11/h8-15H,1-7H2. The van der Waals surface area contributed by atoms with Crippen molar-refractivity contribution in [1.29, 1.82) is 0 Å². The highest BCUT2D eigenvalue weighted by Gasteiger charge is 2.55. The summed E-state index contributed by atoms with van der Waals surface area (Å²) in [5, 5.41) is 15.2. The normalized spacial score (nSPS) is 55.5. The van der Waals surface area contributed by atoms with E-state index in [1.807, 2.05) is 0 Å². The van der Waals surface area contributed by atoms with Gasteiger partial charge in [-0.3, -0.25) is 0 Å². The molecule has 0 aromatic heterocycles. The van der Waals surface area contributed by atoms with E-state index in [4.69, 9.17) is 14.8 Å². The summed E-state index contributed by atoms with van der Waals surface area (Å²) in [4.78, 5) is 10.8. The van der Waals surface area contributed by atoms with Crippen LogP contribution in [0.15, 0.2) is 0 Å². The van der Waals surface area contributed by atoms with Crippen LogP contribution in [0.5, 0.6) is 0 Å². The van der Waals surface area contributed by atoms with Gasteiger partial charge in [-0.1, -0.05) is 17.9 Å². The van der Waals surface area contributed by atoms with E-state index >= 15 is 0 Å². The van der Waals surface area contributed by atoms with E-state index in [0.29, 0.717) is 17.8 Å². The second-order valence-electron chi connectivity index (χ2n) is 6.60. The zero-order chi connectivity index (χ0) is 12.1. The van der Waals surface area contributed by atoms with Crippen LogP contribution in [-0.2, 0) is 14.8 Å². The van der Waals surface area contributed by atoms with Gasteiger partial charge in [0, 0.05) is 11.8 Å². The highest BCUT2D eigenvalue weighted by atomic mass is 17.5. The maximum absolute atomic E-state index is 10.3. The van der Waals surface area contributed by atoms with Crippen molar-refractivity contribution in [3.8, 4) is 0 Å². The molecule has 1 saturated heterocycles. The molecule has 1 heterocycles. The Morgan fingerprint density at radius 3 is 2.50 bits per heavy atom. The molecular weight excluding hydrogens is 232 g/mol. The van der Waals surface area contributed by atoms with E-state index in [-0.39, 0.29) is 24.2 Å². The summed E-state index contributed by atoms with van der Waals surface area (Å²) in [7, 11) is 0. The largest absolute Gasteiger partial charge is 0.393 e. The fraction of sp³-hybridized carbons (Fsp3) is 1.00. The van der Waals surface area contributed by atoms with Crippen molar-refractivity contribution >= 4 is 0 Å². The molecule has 3 saturated carbocycles. The van der Waals surface area contributed by atoms with Gasteiger partial charge in [0.25, 0.3) is 0 Å². The average Bonchev–Trinajstić information content (AvgIpc) is 2.39. The first kappa shape index (κ1) is 11.6. The lowest BCUT2D eigenvalue weighted by molar-refractivity contribution is -0.588. The van der Waals surface area contributed by atoms with Crippen LogP contribution in [0.25, 0.3) is 0 Å². The first-order chi connectivity index (χ1) is 8.84. The van der Waals surface area contributed by atoms with Crippen LogP contribution in [0.3, 0.4) is 0 Å². The van der Waals surface area contributed by atoms with Gasteiger partial charge in [-0.05, 0) is 43.9 Å². The van der Waals surface area contributed by atoms with Crippen LogP contribution in [0.2, 0.25) is 0 Å². The van der Waals surface area contributed by atoms with Crippen molar-refractivity contribution in [3.63, 3.8) is 0 Å². The van der Waals surface area contributed by atoms with Gasteiger partial charge in [-0.15, -0.1) is 0 Å². The molecule has 0 aromatic rings. The maximum Gasteiger partial charge on any atom is 0.107 e. The Labute approximate surface area is 107 Å². The SMILES string of the molecule is OC1CCCC2CC3CCCC4OOOC(C12)C34. The van der Waals surface area contributed by atoms with Crippen LogP contribution < -0.4 is 0 Å². The van der Waals surface area contributed by atoms with Gasteiger partial charge in [0.1, 0.15) is 12.2 Å². The third-order valence-corrected chi connectivity index (χ3v) is 5.78. The molecular formula is C14H22O4. The predicted octanol–water partition coefficient (Wildman–Crippen LogP) is 2.21. The van der Waals surface area contributed by atoms with Crippen LogP contribution in [0.1, 0.15) is 44.9 Å². The van der Waals surface area contributed by atoms with Gasteiger partial charge >= 0.3 is 0 Å². The lowest BCUT2D eigenvalue weighted by Crippen LogP contribution is -2.58. The molecule has 4 aliphatic rings. The minimum atomic E-state index is -0.209. The Hall–Kier alpha value is -0.160. The molecule has 0 spiro atoms. The summed E-state index contributed by atoms with van der Waals surface area (Å²) in [5.74, 6) is 2.05. The van der Waals surface area contributed by atoms with Gasteiger partial charge < -0.3 is 5.11 Å². The van der Waals surface area contributed by atoms with E-state index in [9.17, 15) is 5.11 Å². The minimum Gasteiger partial charge on any atom is -0.393 e. The van der Waals surface area contributed by atoms with Crippen molar-refractivity contribution < 1.29 is 19.9 Å². The van der Waals surface area contributed by atoms with E-state index in [0.717, 1.165) is 19.3 Å². The molecule has 0 amide bonds. The summed E-state index contributed by atoms with van der Waals surface area (Å²) >= 11 is 0. The van der Waals surface area contributed by atoms with Crippen molar-refractivity contribution in [2.75, 3.05) is 0 Å². The number of fused-ring (bicyclic) bond motifs is 2. The molecule has 7 unspecified atom stereocenters. The second-order valence-corrected chi connectivity index (χ2v) is 6.60. The molecule has 7 atom stereocenters. The van der Waals surface area contributed by atoms with E-state index < -0.39 is 0 Å². The summed E-state index contributed by atoms with van der Waals surface area (Å²) in [6, 6.07) is 0. The van der Waals surface area contributed by atoms with Crippen LogP contribution in [0, 0.1) is 23.7 Å². The summed E-state index contributed by atoms with van der Waals surface area (Å²) in [6.07, 6.45) is 8.24. The molecule has 4 fully saturated rings. The topological polar surface area (TPSA) is 47.9 Å². The molecule has 18 heavy (non-hydrogen) atoms. The first-order valence-corrected chi connectivity index (χ1v) is 7.51. The first-order valence-electron chi connectivity index (χ1n) is 7.51. The van der Waals surface area contributed by atoms with Crippen LogP contribution >= 0.6 is 0 Å². The lowest BCUT2D eigenvalue weighted by Gasteiger charge is -2.54. The third kappa shape index (κ3) is 1.66. The molecule has 102 valence electrons. The van der Waals surface area contributed by atoms with Crippen molar-refractivity contribution in [2.45, 2.75) is 63.3 Å². The number of aliphatic hydroxyl groups is 1. The summed E-state index contributed by atoms with van der Waals surface area (Å²) in [5.41, 5.74) is 0. The monoisotopic (exact) mass is 254 g/mol. The Morgan fingerprint density at radius 2 is 1.61 bits per heavy atom. The predicted molar refractivity (Wildman–Crippen MR) is 63.1 cm³/mol. The molecule has 4 rings (SSSR count). The maximum atomic E-state index is 10.3. The number of aliphatic hydroxyl groups excluding tert-OH is 1. The quantitative estimate of drug-likeness (QED) is 0.673. The van der Waals surface area contributed by atoms with Gasteiger partial charge in [-0.2, -0.15) is 0 Å². The van der Waals surface area contributed by atoms with E-state index in [1.165, 1.54) is 25.7 Å². The van der Waals surface area contributed by atoms with Crippen molar-refractivity contribution in [3.05, 3.63) is 0 Å². The molecule has 1 N–H and O–H groups in total. The van der Waals surface area contributed by atoms with E-state index in [1.54, 1.807) is 0 Å². The summed E-state index contributed by atoms with van der Waals surface area (Å²) < 4.78 is 0. The van der Waals surface area contributed by atoms with Gasteiger partial charge in [0.15, 0.2) is 0 Å². The average molecular weight is 254 g/mol. The van der Waals surface area contributed by atoms with E-state index in [2.05, 4.69) is 0 Å². The zero-order valence-corrected chi connectivity index (χ0v) is 10.7. The molecule has 0 bridgehead atoms. The highest BCUT2D eigenvalue weighted by molar-refractivity contribution is 5.01. The third-order valence-electron chi connectivity index (χ3n) is 5.78. The number of hydrogen-bond acceptors (Lipinski definition) is 4. The van der Waals surface area contributed by atoms with Gasteiger partial charge in [0.2, 0.25) is 0 Å². The zero-order valence-electron chi connectivity index (χ0n) is 10.7. The molecule has 3 aliphatic carbocycles. The van der Waals surface area contributed by atoms with Crippen molar-refractivity contribution in [2.24, 2.45) is 23.7 Å². The Balaban J connectivity index is 1.65. The Kier molecular flexibility index (Phi) is 2.87. The minimum absolute atomic E-state index is 0.0584. The fourth-order valence-corrected chi connectivity index (χ4v) is 5.08. The molecule has 1 aliphatic heterocycles. The number of hydrogen-bond donors (Lipinski definition) is 1. The van der Waals surface area contributed by atoms with Gasteiger partial charge in [0.05, 0.1) is 6.10 Å². The molecule has 0 aromatic carbocycles. The lowest BCUT2D eigenvalue weighted by atomic mass is 9.57. The summed E-state index contributed by atoms with van der Waals surface area (Å²) in [6.45, 7) is 0. The van der Waals surface area contributed by atoms with Crippen LogP contribution in [0.4, 0.5) is 0 Å². The van der Waals surface area contributed by atoms with Crippen LogP contribution in [-0.4, -0.2) is 23.4 Å².